The van der Waals surface area contributed by atoms with Gasteiger partial charge in [-0.15, -0.1) is 10.2 Å². The van der Waals surface area contributed by atoms with Crippen LogP contribution in [0.1, 0.15) is 10.4 Å². The van der Waals surface area contributed by atoms with Crippen molar-refractivity contribution in [1.29, 1.82) is 0 Å². The first-order valence-electron chi connectivity index (χ1n) is 6.12. The van der Waals surface area contributed by atoms with Crippen LogP contribution in [0.25, 0.3) is 10.8 Å². The van der Waals surface area contributed by atoms with Crippen LogP contribution in [0.2, 0.25) is 5.15 Å². The molecule has 0 aliphatic carbocycles. The maximum Gasteiger partial charge on any atom is 0.256 e. The molecule has 0 radical (unpaired) electrons. The van der Waals surface area contributed by atoms with Gasteiger partial charge in [0.1, 0.15) is 0 Å². The zero-order valence-electron chi connectivity index (χ0n) is 10.7. The maximum absolute atomic E-state index is 12.2. The molecule has 6 heteroatoms. The summed E-state index contributed by atoms with van der Waals surface area (Å²) in [4.78, 5) is 12.2. The summed E-state index contributed by atoms with van der Waals surface area (Å²) in [5, 5.41) is 12.5. The molecule has 1 heterocycles. The molecular formula is C15H9BrClN3O. The SMILES string of the molecule is O=C(Nc1ccc(Cl)nn1)c1ccc2cc(Br)ccc2c1. The Balaban J connectivity index is 1.87. The van der Waals surface area contributed by atoms with Gasteiger partial charge in [0.05, 0.1) is 0 Å². The number of amides is 1. The van der Waals surface area contributed by atoms with Crippen molar-refractivity contribution in [2.24, 2.45) is 0 Å². The smallest absolute Gasteiger partial charge is 0.256 e. The molecule has 0 bridgehead atoms. The van der Waals surface area contributed by atoms with Gasteiger partial charge in [-0.05, 0) is 47.2 Å². The highest BCUT2D eigenvalue weighted by molar-refractivity contribution is 9.10. The van der Waals surface area contributed by atoms with E-state index in [4.69, 9.17) is 11.6 Å². The first kappa shape index (κ1) is 14.0. The molecule has 4 nitrogen and oxygen atoms in total. The molecule has 0 fully saturated rings. The van der Waals surface area contributed by atoms with Crippen LogP contribution in [0.3, 0.4) is 0 Å². The fourth-order valence-electron chi connectivity index (χ4n) is 1.93. The third-order valence-corrected chi connectivity index (χ3v) is 3.63. The van der Waals surface area contributed by atoms with Crippen LogP contribution in [0.4, 0.5) is 5.82 Å². The number of carbonyl (C=O) groups is 1. The summed E-state index contributed by atoms with van der Waals surface area (Å²) in [7, 11) is 0. The molecule has 0 aliphatic heterocycles. The minimum Gasteiger partial charge on any atom is -0.305 e. The summed E-state index contributed by atoms with van der Waals surface area (Å²) >= 11 is 9.08. The third-order valence-electron chi connectivity index (χ3n) is 2.94. The largest absolute Gasteiger partial charge is 0.305 e. The van der Waals surface area contributed by atoms with Crippen LogP contribution in [0, 0.1) is 0 Å². The van der Waals surface area contributed by atoms with Crippen molar-refractivity contribution in [1.82, 2.24) is 10.2 Å². The molecule has 0 atom stereocenters. The van der Waals surface area contributed by atoms with E-state index in [9.17, 15) is 4.79 Å². The minimum atomic E-state index is -0.239. The number of nitrogens with one attached hydrogen (secondary N) is 1. The van der Waals surface area contributed by atoms with Crippen molar-refractivity contribution < 1.29 is 4.79 Å². The van der Waals surface area contributed by atoms with Gasteiger partial charge < -0.3 is 5.32 Å². The molecule has 0 saturated carbocycles. The van der Waals surface area contributed by atoms with Crippen molar-refractivity contribution >= 4 is 50.0 Å². The molecule has 3 aromatic rings. The van der Waals surface area contributed by atoms with E-state index in [1.54, 1.807) is 18.2 Å². The third kappa shape index (κ3) is 3.20. The molecule has 0 spiro atoms. The molecule has 0 aliphatic rings. The lowest BCUT2D eigenvalue weighted by Crippen LogP contribution is -2.13. The number of carbonyl (C=O) groups excluding carboxylic acids is 1. The van der Waals surface area contributed by atoms with Gasteiger partial charge in [-0.3, -0.25) is 4.79 Å². The van der Waals surface area contributed by atoms with E-state index >= 15 is 0 Å². The van der Waals surface area contributed by atoms with Crippen molar-refractivity contribution in [3.8, 4) is 0 Å². The van der Waals surface area contributed by atoms with E-state index in [1.165, 1.54) is 0 Å². The average molecular weight is 363 g/mol. The van der Waals surface area contributed by atoms with Crippen LogP contribution < -0.4 is 5.32 Å². The number of halogens is 2. The lowest BCUT2D eigenvalue weighted by Gasteiger charge is -2.05. The van der Waals surface area contributed by atoms with Crippen molar-refractivity contribution in [2.45, 2.75) is 0 Å². The van der Waals surface area contributed by atoms with E-state index in [0.29, 0.717) is 11.4 Å². The predicted molar refractivity (Wildman–Crippen MR) is 86.6 cm³/mol. The molecule has 1 aromatic heterocycles. The fourth-order valence-corrected chi connectivity index (χ4v) is 2.41. The van der Waals surface area contributed by atoms with Crippen LogP contribution in [0.15, 0.2) is 53.0 Å². The van der Waals surface area contributed by atoms with E-state index in [-0.39, 0.29) is 11.1 Å². The number of hydrogen-bond acceptors (Lipinski definition) is 3. The fraction of sp³-hybridized carbons (Fsp3) is 0. The predicted octanol–water partition coefficient (Wildman–Crippen LogP) is 4.30. The Kier molecular flexibility index (Phi) is 3.86. The minimum absolute atomic E-state index is 0.239. The molecule has 0 unspecified atom stereocenters. The quantitative estimate of drug-likeness (QED) is 0.739. The second-order valence-corrected chi connectivity index (χ2v) is 5.70. The van der Waals surface area contributed by atoms with Crippen LogP contribution in [0.5, 0.6) is 0 Å². The topological polar surface area (TPSA) is 54.9 Å². The molecule has 2 aromatic carbocycles. The highest BCUT2D eigenvalue weighted by Crippen LogP contribution is 2.21. The Bertz CT molecular complexity index is 821. The summed E-state index contributed by atoms with van der Waals surface area (Å²) < 4.78 is 1.00. The summed E-state index contributed by atoms with van der Waals surface area (Å²) in [6.45, 7) is 0. The molecule has 1 amide bonds. The van der Waals surface area contributed by atoms with Gasteiger partial charge in [0.15, 0.2) is 11.0 Å². The number of nitrogens with zero attached hydrogens (tertiary/aromatic N) is 2. The Hall–Kier alpha value is -1.98. The summed E-state index contributed by atoms with van der Waals surface area (Å²) in [5.41, 5.74) is 0.557. The van der Waals surface area contributed by atoms with Gasteiger partial charge in [0.2, 0.25) is 0 Å². The van der Waals surface area contributed by atoms with Gasteiger partial charge >= 0.3 is 0 Å². The van der Waals surface area contributed by atoms with E-state index in [1.807, 2.05) is 30.3 Å². The summed E-state index contributed by atoms with van der Waals surface area (Å²) in [6, 6.07) is 14.6. The zero-order chi connectivity index (χ0) is 14.8. The Morgan fingerprint density at radius 3 is 2.52 bits per heavy atom. The first-order valence-corrected chi connectivity index (χ1v) is 7.29. The highest BCUT2D eigenvalue weighted by atomic mass is 79.9. The summed E-state index contributed by atoms with van der Waals surface area (Å²) in [6.07, 6.45) is 0. The number of rotatable bonds is 2. The van der Waals surface area contributed by atoms with Crippen molar-refractivity contribution in [3.63, 3.8) is 0 Å². The van der Waals surface area contributed by atoms with Gasteiger partial charge in [0, 0.05) is 10.0 Å². The number of fused-ring (bicyclic) bond motifs is 1. The number of anilines is 1. The number of hydrogen-bond donors (Lipinski definition) is 1. The van der Waals surface area contributed by atoms with Crippen LogP contribution in [-0.4, -0.2) is 16.1 Å². The lowest BCUT2D eigenvalue weighted by atomic mass is 10.1. The molecule has 1 N–H and O–H groups in total. The van der Waals surface area contributed by atoms with Crippen LogP contribution >= 0.6 is 27.5 Å². The molecule has 21 heavy (non-hydrogen) atoms. The van der Waals surface area contributed by atoms with E-state index in [2.05, 4.69) is 31.4 Å². The zero-order valence-corrected chi connectivity index (χ0v) is 13.0. The molecule has 104 valence electrons. The van der Waals surface area contributed by atoms with Gasteiger partial charge in [-0.2, -0.15) is 0 Å². The van der Waals surface area contributed by atoms with Gasteiger partial charge in [-0.1, -0.05) is 39.7 Å². The first-order chi connectivity index (χ1) is 10.1. The standard InChI is InChI=1S/C15H9BrClN3O/c16-12-4-3-9-7-11(2-1-10(9)8-12)15(21)18-14-6-5-13(17)19-20-14/h1-8H,(H,18,20,21). The second kappa shape index (κ2) is 5.79. The highest BCUT2D eigenvalue weighted by Gasteiger charge is 2.08. The molecule has 0 saturated heterocycles. The van der Waals surface area contributed by atoms with E-state index < -0.39 is 0 Å². The lowest BCUT2D eigenvalue weighted by molar-refractivity contribution is 0.102. The van der Waals surface area contributed by atoms with Gasteiger partial charge in [-0.25, -0.2) is 0 Å². The van der Waals surface area contributed by atoms with Crippen LogP contribution in [-0.2, 0) is 0 Å². The normalized spacial score (nSPS) is 10.6. The Morgan fingerprint density at radius 2 is 1.76 bits per heavy atom. The van der Waals surface area contributed by atoms with Gasteiger partial charge in [0.25, 0.3) is 5.91 Å². The van der Waals surface area contributed by atoms with Crippen molar-refractivity contribution in [2.75, 3.05) is 5.32 Å². The molecular weight excluding hydrogens is 354 g/mol. The number of aromatic nitrogens is 2. The Morgan fingerprint density at radius 1 is 1.00 bits per heavy atom. The average Bonchev–Trinajstić information content (AvgIpc) is 2.49. The maximum atomic E-state index is 12.2. The molecule has 3 rings (SSSR count). The van der Waals surface area contributed by atoms with Crippen molar-refractivity contribution in [3.05, 3.63) is 63.7 Å². The number of benzene rings is 2. The van der Waals surface area contributed by atoms with E-state index in [0.717, 1.165) is 15.2 Å². The Labute approximate surface area is 134 Å². The second-order valence-electron chi connectivity index (χ2n) is 4.40. The summed E-state index contributed by atoms with van der Waals surface area (Å²) in [5.74, 6) is 0.122. The monoisotopic (exact) mass is 361 g/mol.